The number of fused-ring (bicyclic) bond motifs is 1. The van der Waals surface area contributed by atoms with Gasteiger partial charge in [0, 0.05) is 36.7 Å². The van der Waals surface area contributed by atoms with E-state index in [9.17, 15) is 9.00 Å². The Kier molecular flexibility index (Phi) is 4.04. The Bertz CT molecular complexity index is 862. The predicted octanol–water partition coefficient (Wildman–Crippen LogP) is 3.36. The highest BCUT2D eigenvalue weighted by Crippen LogP contribution is 2.50. The molecule has 146 valence electrons. The molecule has 3 heterocycles. The molecule has 7 heteroatoms. The number of hydrogen-bond donors (Lipinski definition) is 0. The molecule has 0 radical (unpaired) electrons. The second-order valence-electron chi connectivity index (χ2n) is 9.30. The summed E-state index contributed by atoms with van der Waals surface area (Å²) < 4.78 is 22.5. The summed E-state index contributed by atoms with van der Waals surface area (Å²) in [7, 11) is -1.31. The number of likely N-dealkylation sites (tertiary alicyclic amines) is 1. The van der Waals surface area contributed by atoms with Gasteiger partial charge in [-0.25, -0.2) is 9.00 Å². The molecule has 1 atom stereocenters. The van der Waals surface area contributed by atoms with Crippen LogP contribution in [0.2, 0.25) is 0 Å². The number of aromatic nitrogens is 1. The van der Waals surface area contributed by atoms with E-state index >= 15 is 0 Å². The van der Waals surface area contributed by atoms with E-state index in [4.69, 9.17) is 4.74 Å². The van der Waals surface area contributed by atoms with Crippen molar-refractivity contribution in [3.05, 3.63) is 29.1 Å². The van der Waals surface area contributed by atoms with Gasteiger partial charge >= 0.3 is 6.09 Å². The Morgan fingerprint density at radius 3 is 2.56 bits per heavy atom. The third-order valence-electron chi connectivity index (χ3n) is 5.91. The largest absolute Gasteiger partial charge is 0.444 e. The fraction of sp³-hybridized carbons (Fsp3) is 0.650. The minimum atomic E-state index is -1.31. The van der Waals surface area contributed by atoms with Crippen LogP contribution in [0.25, 0.3) is 0 Å². The van der Waals surface area contributed by atoms with Crippen molar-refractivity contribution < 1.29 is 13.7 Å². The predicted molar refractivity (Wildman–Crippen MR) is 105 cm³/mol. The van der Waals surface area contributed by atoms with E-state index in [1.807, 2.05) is 46.9 Å². The SMILES string of the molecule is CC(C)(C)OC(=O)N1CCC2(CC1)Cc1nccc3c1C2=N[S@@](=O)C3(C)C. The van der Waals surface area contributed by atoms with Crippen LogP contribution >= 0.6 is 0 Å². The highest BCUT2D eigenvalue weighted by molar-refractivity contribution is 7.85. The fourth-order valence-electron chi connectivity index (χ4n) is 4.37. The van der Waals surface area contributed by atoms with Gasteiger partial charge in [0.15, 0.2) is 0 Å². The van der Waals surface area contributed by atoms with Gasteiger partial charge in [0.2, 0.25) is 0 Å². The molecule has 0 bridgehead atoms. The van der Waals surface area contributed by atoms with Gasteiger partial charge in [-0.15, -0.1) is 0 Å². The lowest BCUT2D eigenvalue weighted by molar-refractivity contribution is 0.0159. The summed E-state index contributed by atoms with van der Waals surface area (Å²) in [5.41, 5.74) is 3.53. The maximum Gasteiger partial charge on any atom is 0.410 e. The summed E-state index contributed by atoms with van der Waals surface area (Å²) >= 11 is 0. The van der Waals surface area contributed by atoms with E-state index in [0.717, 1.165) is 41.8 Å². The number of nitrogens with zero attached hydrogens (tertiary/aromatic N) is 3. The molecule has 6 nitrogen and oxygen atoms in total. The molecule has 1 fully saturated rings. The summed E-state index contributed by atoms with van der Waals surface area (Å²) in [6.45, 7) is 10.8. The number of ether oxygens (including phenoxy) is 1. The van der Waals surface area contributed by atoms with Crippen molar-refractivity contribution in [3.8, 4) is 0 Å². The van der Waals surface area contributed by atoms with Crippen LogP contribution in [-0.2, 0) is 26.9 Å². The van der Waals surface area contributed by atoms with E-state index in [1.54, 1.807) is 4.90 Å². The quantitative estimate of drug-likeness (QED) is 0.682. The molecule has 4 rings (SSSR count). The number of pyridine rings is 1. The lowest BCUT2D eigenvalue weighted by atomic mass is 9.74. The van der Waals surface area contributed by atoms with Crippen LogP contribution in [0.3, 0.4) is 0 Å². The summed E-state index contributed by atoms with van der Waals surface area (Å²) in [4.78, 5) is 18.8. The molecule has 1 amide bonds. The number of carbonyl (C=O) groups excluding carboxylic acids is 1. The molecule has 0 saturated carbocycles. The Labute approximate surface area is 163 Å². The average molecular weight is 390 g/mol. The van der Waals surface area contributed by atoms with Crippen LogP contribution < -0.4 is 0 Å². The molecule has 27 heavy (non-hydrogen) atoms. The van der Waals surface area contributed by atoms with Gasteiger partial charge in [-0.1, -0.05) is 0 Å². The van der Waals surface area contributed by atoms with Gasteiger partial charge in [-0.3, -0.25) is 4.98 Å². The zero-order valence-corrected chi connectivity index (χ0v) is 17.5. The molecular weight excluding hydrogens is 362 g/mol. The minimum Gasteiger partial charge on any atom is -0.444 e. The second-order valence-corrected chi connectivity index (χ2v) is 11.0. The fourth-order valence-corrected chi connectivity index (χ4v) is 5.40. The average Bonchev–Trinajstić information content (AvgIpc) is 2.86. The smallest absolute Gasteiger partial charge is 0.410 e. The first-order chi connectivity index (χ1) is 12.5. The molecule has 1 aromatic heterocycles. The van der Waals surface area contributed by atoms with Crippen molar-refractivity contribution in [1.29, 1.82) is 0 Å². The van der Waals surface area contributed by atoms with Gasteiger partial charge in [-0.2, -0.15) is 4.40 Å². The van der Waals surface area contributed by atoms with Crippen LogP contribution in [0.15, 0.2) is 16.7 Å². The van der Waals surface area contributed by atoms with Gasteiger partial charge in [0.05, 0.1) is 16.2 Å². The van der Waals surface area contributed by atoms with Crippen LogP contribution in [0.5, 0.6) is 0 Å². The third-order valence-corrected chi connectivity index (χ3v) is 7.35. The molecule has 1 aromatic rings. The van der Waals surface area contributed by atoms with Crippen LogP contribution in [0.1, 0.15) is 64.3 Å². The second kappa shape index (κ2) is 5.87. The number of amides is 1. The van der Waals surface area contributed by atoms with Gasteiger partial charge < -0.3 is 9.64 Å². The monoisotopic (exact) mass is 389 g/mol. The van der Waals surface area contributed by atoms with Gasteiger partial charge in [0.25, 0.3) is 0 Å². The summed E-state index contributed by atoms with van der Waals surface area (Å²) in [5, 5.41) is 0. The maximum absolute atomic E-state index is 12.8. The minimum absolute atomic E-state index is 0.171. The highest BCUT2D eigenvalue weighted by atomic mass is 32.2. The van der Waals surface area contributed by atoms with Crippen molar-refractivity contribution in [2.75, 3.05) is 13.1 Å². The van der Waals surface area contributed by atoms with Crippen molar-refractivity contribution in [2.24, 2.45) is 9.81 Å². The first-order valence-corrected chi connectivity index (χ1v) is 10.6. The molecule has 3 aliphatic rings. The lowest BCUT2D eigenvalue weighted by Gasteiger charge is -2.41. The van der Waals surface area contributed by atoms with Crippen molar-refractivity contribution in [3.63, 3.8) is 0 Å². The van der Waals surface area contributed by atoms with E-state index < -0.39 is 21.3 Å². The standard InChI is InChI=1S/C20H27N3O3S/c1-18(2,3)26-17(24)23-10-7-20(8-11-23)12-14-15-13(6-9-21-14)19(4,5)27(25)22-16(15)20/h6,9H,7-8,10-12H2,1-5H3/t27-/m0/s1. The summed E-state index contributed by atoms with van der Waals surface area (Å²) in [6, 6.07) is 1.99. The first-order valence-electron chi connectivity index (χ1n) is 9.51. The molecule has 1 aliphatic carbocycles. The Morgan fingerprint density at radius 1 is 1.26 bits per heavy atom. The molecule has 1 saturated heterocycles. The molecule has 2 aliphatic heterocycles. The first kappa shape index (κ1) is 18.6. The summed E-state index contributed by atoms with van der Waals surface area (Å²) in [5.74, 6) is 0. The molecule has 0 unspecified atom stereocenters. The molecule has 0 N–H and O–H groups in total. The molecular formula is C20H27N3O3S. The zero-order chi connectivity index (χ0) is 19.6. The van der Waals surface area contributed by atoms with E-state index in [1.165, 1.54) is 0 Å². The Morgan fingerprint density at radius 2 is 1.93 bits per heavy atom. The number of carbonyl (C=O) groups is 1. The van der Waals surface area contributed by atoms with Gasteiger partial charge in [0.1, 0.15) is 16.6 Å². The van der Waals surface area contributed by atoms with Crippen LogP contribution in [0.4, 0.5) is 4.79 Å². The third kappa shape index (κ3) is 2.91. The highest BCUT2D eigenvalue weighted by Gasteiger charge is 2.52. The van der Waals surface area contributed by atoms with Crippen LogP contribution in [0, 0.1) is 5.41 Å². The molecule has 1 spiro atoms. The van der Waals surface area contributed by atoms with E-state index in [-0.39, 0.29) is 11.5 Å². The number of hydrogen-bond acceptors (Lipinski definition) is 4. The molecule has 0 aromatic carbocycles. The van der Waals surface area contributed by atoms with Crippen molar-refractivity contribution in [1.82, 2.24) is 9.88 Å². The van der Waals surface area contributed by atoms with Gasteiger partial charge in [-0.05, 0) is 59.1 Å². The van der Waals surface area contributed by atoms with E-state index in [0.29, 0.717) is 13.1 Å². The van der Waals surface area contributed by atoms with Crippen molar-refractivity contribution >= 4 is 22.8 Å². The Balaban J connectivity index is 1.62. The van der Waals surface area contributed by atoms with E-state index in [2.05, 4.69) is 9.38 Å². The summed E-state index contributed by atoms with van der Waals surface area (Å²) in [6.07, 6.45) is 3.95. The topological polar surface area (TPSA) is 71.9 Å². The number of rotatable bonds is 0. The van der Waals surface area contributed by atoms with Crippen molar-refractivity contribution in [2.45, 2.75) is 64.2 Å². The Hall–Kier alpha value is -1.76. The normalized spacial score (nSPS) is 25.1. The number of piperidine rings is 1. The van der Waals surface area contributed by atoms with Crippen LogP contribution in [-0.4, -0.2) is 44.6 Å². The zero-order valence-electron chi connectivity index (χ0n) is 16.7. The lowest BCUT2D eigenvalue weighted by Crippen LogP contribution is -2.48. The maximum atomic E-state index is 12.8.